The van der Waals surface area contributed by atoms with E-state index in [2.05, 4.69) is 5.32 Å². The van der Waals surface area contributed by atoms with Gasteiger partial charge in [0.15, 0.2) is 9.84 Å². The van der Waals surface area contributed by atoms with E-state index < -0.39 is 19.9 Å². The first-order chi connectivity index (χ1) is 12.4. The van der Waals surface area contributed by atoms with Crippen molar-refractivity contribution < 1.29 is 21.6 Å². The van der Waals surface area contributed by atoms with Crippen LogP contribution in [-0.4, -0.2) is 42.3 Å². The molecule has 27 heavy (non-hydrogen) atoms. The number of hydrogen-bond acceptors (Lipinski definition) is 5. The van der Waals surface area contributed by atoms with Crippen LogP contribution in [0, 0.1) is 0 Å². The third-order valence-electron chi connectivity index (χ3n) is 4.13. The van der Waals surface area contributed by atoms with Gasteiger partial charge in [-0.15, -0.1) is 0 Å². The van der Waals surface area contributed by atoms with Crippen molar-refractivity contribution in [2.24, 2.45) is 0 Å². The van der Waals surface area contributed by atoms with Crippen LogP contribution in [0.15, 0.2) is 53.4 Å². The maximum Gasteiger partial charge on any atom is 0.251 e. The standard InChI is InChI=1S/C18H22N2O5S2/c1-13(14-8-10-17(11-9-14)26(3,22)23)19-18(21)15-6-5-7-16(12-15)20(2)27(4,24)25/h5-13H,1-4H3,(H,19,21)/t13-/m1/s1. The summed E-state index contributed by atoms with van der Waals surface area (Å²) >= 11 is 0. The Balaban J connectivity index is 2.17. The lowest BCUT2D eigenvalue weighted by atomic mass is 10.1. The van der Waals surface area contributed by atoms with Crippen LogP contribution in [0.3, 0.4) is 0 Å². The van der Waals surface area contributed by atoms with Gasteiger partial charge in [-0.25, -0.2) is 16.8 Å². The van der Waals surface area contributed by atoms with Crippen LogP contribution in [0.4, 0.5) is 5.69 Å². The summed E-state index contributed by atoms with van der Waals surface area (Å²) in [5.74, 6) is -0.363. The fraction of sp³-hybridized carbons (Fsp3) is 0.278. The van der Waals surface area contributed by atoms with E-state index in [0.717, 1.165) is 22.4 Å². The minimum Gasteiger partial charge on any atom is -0.346 e. The first-order valence-corrected chi connectivity index (χ1v) is 11.8. The summed E-state index contributed by atoms with van der Waals surface area (Å²) in [7, 11) is -5.29. The zero-order chi connectivity index (χ0) is 20.4. The SMILES string of the molecule is C[C@@H](NC(=O)c1cccc(N(C)S(C)(=O)=O)c1)c1ccc(S(C)(=O)=O)cc1. The van der Waals surface area contributed by atoms with Gasteiger partial charge in [0.25, 0.3) is 5.91 Å². The number of amides is 1. The van der Waals surface area contributed by atoms with Crippen LogP contribution in [-0.2, 0) is 19.9 Å². The fourth-order valence-corrected chi connectivity index (χ4v) is 3.53. The van der Waals surface area contributed by atoms with Gasteiger partial charge in [-0.05, 0) is 42.8 Å². The summed E-state index contributed by atoms with van der Waals surface area (Å²) in [6.45, 7) is 1.78. The highest BCUT2D eigenvalue weighted by atomic mass is 32.2. The van der Waals surface area contributed by atoms with E-state index in [-0.39, 0.29) is 16.8 Å². The van der Waals surface area contributed by atoms with Crippen LogP contribution >= 0.6 is 0 Å². The van der Waals surface area contributed by atoms with Gasteiger partial charge in [-0.2, -0.15) is 0 Å². The molecule has 0 spiro atoms. The van der Waals surface area contributed by atoms with Crippen molar-refractivity contribution in [1.82, 2.24) is 5.32 Å². The summed E-state index contributed by atoms with van der Waals surface area (Å²) < 4.78 is 47.4. The molecule has 0 aliphatic heterocycles. The monoisotopic (exact) mass is 410 g/mol. The molecule has 0 aliphatic carbocycles. The molecule has 1 N–H and O–H groups in total. The predicted octanol–water partition coefficient (Wildman–Crippen LogP) is 1.98. The average Bonchev–Trinajstić information content (AvgIpc) is 2.59. The Morgan fingerprint density at radius 1 is 1.00 bits per heavy atom. The minimum atomic E-state index is -3.43. The highest BCUT2D eigenvalue weighted by molar-refractivity contribution is 7.92. The quantitative estimate of drug-likeness (QED) is 0.785. The zero-order valence-electron chi connectivity index (χ0n) is 15.5. The molecule has 0 aromatic heterocycles. The molecule has 2 rings (SSSR count). The molecule has 0 bridgehead atoms. The van der Waals surface area contributed by atoms with Gasteiger partial charge < -0.3 is 5.32 Å². The van der Waals surface area contributed by atoms with Crippen molar-refractivity contribution in [1.29, 1.82) is 0 Å². The molecular formula is C18H22N2O5S2. The van der Waals surface area contributed by atoms with Crippen molar-refractivity contribution in [2.45, 2.75) is 17.9 Å². The van der Waals surface area contributed by atoms with Gasteiger partial charge in [0, 0.05) is 18.9 Å². The highest BCUT2D eigenvalue weighted by Gasteiger charge is 2.16. The number of rotatable bonds is 6. The normalized spacial score (nSPS) is 13.0. The summed E-state index contributed by atoms with van der Waals surface area (Å²) in [5, 5.41) is 2.82. The average molecular weight is 411 g/mol. The molecule has 9 heteroatoms. The van der Waals surface area contributed by atoms with Crippen molar-refractivity contribution in [3.8, 4) is 0 Å². The second kappa shape index (κ2) is 7.69. The fourth-order valence-electron chi connectivity index (χ4n) is 2.40. The second-order valence-corrected chi connectivity index (χ2v) is 10.3. The number of hydrogen-bond donors (Lipinski definition) is 1. The molecule has 0 fully saturated rings. The van der Waals surface area contributed by atoms with Crippen molar-refractivity contribution in [3.63, 3.8) is 0 Å². The van der Waals surface area contributed by atoms with Crippen LogP contribution in [0.25, 0.3) is 0 Å². The first-order valence-electron chi connectivity index (χ1n) is 8.04. The van der Waals surface area contributed by atoms with Crippen molar-refractivity contribution in [3.05, 3.63) is 59.7 Å². The molecule has 1 atom stereocenters. The lowest BCUT2D eigenvalue weighted by Gasteiger charge is -2.18. The maximum absolute atomic E-state index is 12.5. The highest BCUT2D eigenvalue weighted by Crippen LogP contribution is 2.19. The Labute approximate surface area is 160 Å². The number of benzene rings is 2. The van der Waals surface area contributed by atoms with Crippen molar-refractivity contribution >= 4 is 31.5 Å². The van der Waals surface area contributed by atoms with E-state index >= 15 is 0 Å². The Kier molecular flexibility index (Phi) is 5.96. The molecular weight excluding hydrogens is 388 g/mol. The van der Waals surface area contributed by atoms with E-state index in [9.17, 15) is 21.6 Å². The smallest absolute Gasteiger partial charge is 0.251 e. The molecule has 0 aliphatic rings. The third kappa shape index (κ3) is 5.30. The molecule has 146 valence electrons. The Bertz CT molecular complexity index is 1050. The number of anilines is 1. The summed E-state index contributed by atoms with van der Waals surface area (Å²) in [5.41, 5.74) is 1.46. The number of sulfonamides is 1. The molecule has 7 nitrogen and oxygen atoms in total. The van der Waals surface area contributed by atoms with E-state index in [1.54, 1.807) is 37.3 Å². The lowest BCUT2D eigenvalue weighted by molar-refractivity contribution is 0.0940. The largest absolute Gasteiger partial charge is 0.346 e. The van der Waals surface area contributed by atoms with Gasteiger partial charge in [0.1, 0.15) is 0 Å². The summed E-state index contributed by atoms with van der Waals surface area (Å²) in [4.78, 5) is 12.7. The number of nitrogens with zero attached hydrogens (tertiary/aromatic N) is 1. The van der Waals surface area contributed by atoms with Gasteiger partial charge in [0.05, 0.1) is 22.9 Å². The van der Waals surface area contributed by atoms with Crippen LogP contribution < -0.4 is 9.62 Å². The number of nitrogens with one attached hydrogen (secondary N) is 1. The van der Waals surface area contributed by atoms with E-state index in [4.69, 9.17) is 0 Å². The maximum atomic E-state index is 12.5. The molecule has 0 heterocycles. The van der Waals surface area contributed by atoms with E-state index in [1.165, 1.54) is 25.2 Å². The van der Waals surface area contributed by atoms with Gasteiger partial charge in [0.2, 0.25) is 10.0 Å². The summed E-state index contributed by atoms with van der Waals surface area (Å²) in [6.07, 6.45) is 2.22. The molecule has 1 amide bonds. The van der Waals surface area contributed by atoms with Gasteiger partial charge >= 0.3 is 0 Å². The van der Waals surface area contributed by atoms with Crippen LogP contribution in [0.5, 0.6) is 0 Å². The predicted molar refractivity (Wildman–Crippen MR) is 105 cm³/mol. The molecule has 2 aromatic rings. The van der Waals surface area contributed by atoms with Crippen LogP contribution in [0.2, 0.25) is 0 Å². The Morgan fingerprint density at radius 3 is 2.11 bits per heavy atom. The molecule has 2 aromatic carbocycles. The topological polar surface area (TPSA) is 101 Å². The van der Waals surface area contributed by atoms with Gasteiger partial charge in [-0.3, -0.25) is 9.10 Å². The molecule has 0 saturated heterocycles. The first kappa shape index (κ1) is 20.9. The molecule has 0 radical (unpaired) electrons. The van der Waals surface area contributed by atoms with E-state index in [0.29, 0.717) is 11.3 Å². The Hall–Kier alpha value is -2.39. The van der Waals surface area contributed by atoms with E-state index in [1.807, 2.05) is 0 Å². The van der Waals surface area contributed by atoms with Crippen molar-refractivity contribution in [2.75, 3.05) is 23.9 Å². The Morgan fingerprint density at radius 2 is 1.59 bits per heavy atom. The molecule has 0 saturated carbocycles. The van der Waals surface area contributed by atoms with Crippen LogP contribution in [0.1, 0.15) is 28.9 Å². The minimum absolute atomic E-state index is 0.210. The van der Waals surface area contributed by atoms with Gasteiger partial charge in [-0.1, -0.05) is 18.2 Å². The second-order valence-electron chi connectivity index (χ2n) is 6.32. The zero-order valence-corrected chi connectivity index (χ0v) is 17.1. The summed E-state index contributed by atoms with van der Waals surface area (Å²) in [6, 6.07) is 12.2. The number of sulfone groups is 1. The number of carbonyl (C=O) groups is 1. The lowest BCUT2D eigenvalue weighted by Crippen LogP contribution is -2.28. The third-order valence-corrected chi connectivity index (χ3v) is 6.46. The molecule has 0 unspecified atom stereocenters. The number of carbonyl (C=O) groups excluding carboxylic acids is 1.